The molecule has 0 aliphatic rings. The number of carboxylic acid groups (broad SMARTS) is 1. The molecule has 4 nitrogen and oxygen atoms in total. The Morgan fingerprint density at radius 3 is 2.11 bits per heavy atom. The van der Waals surface area contributed by atoms with Gasteiger partial charge in [0.05, 0.1) is 0 Å². The molecule has 0 radical (unpaired) electrons. The van der Waals surface area contributed by atoms with Crippen LogP contribution in [0.3, 0.4) is 0 Å². The van der Waals surface area contributed by atoms with E-state index in [0.29, 0.717) is 11.5 Å². The van der Waals surface area contributed by atoms with Crippen LogP contribution in [-0.2, 0) is 14.6 Å². The zero-order valence-corrected chi connectivity index (χ0v) is 5.55. The van der Waals surface area contributed by atoms with E-state index in [1.165, 1.54) is 0 Å². The zero-order chi connectivity index (χ0) is 7.49. The minimum atomic E-state index is -3.28. The quantitative estimate of drug-likeness (QED) is 0.545. The van der Waals surface area contributed by atoms with Crippen molar-refractivity contribution in [2.24, 2.45) is 0 Å². The van der Waals surface area contributed by atoms with E-state index in [9.17, 15) is 13.2 Å². The maximum absolute atomic E-state index is 10.2. The van der Waals surface area contributed by atoms with Crippen molar-refractivity contribution in [1.29, 1.82) is 0 Å². The van der Waals surface area contributed by atoms with E-state index < -0.39 is 15.8 Å². The molecule has 0 unspecified atom stereocenters. The minimum Gasteiger partial charge on any atom is -0.478 e. The lowest BCUT2D eigenvalue weighted by Gasteiger charge is -1.80. The molecular formula is C4H6O4S. The number of hydrogen-bond acceptors (Lipinski definition) is 3. The van der Waals surface area contributed by atoms with Gasteiger partial charge in [0.15, 0.2) is 9.84 Å². The second kappa shape index (κ2) is 2.63. The summed E-state index contributed by atoms with van der Waals surface area (Å²) in [5.74, 6) is -1.26. The number of sulfone groups is 1. The van der Waals surface area contributed by atoms with Crippen LogP contribution in [0.4, 0.5) is 0 Å². The first-order valence-electron chi connectivity index (χ1n) is 2.03. The summed E-state index contributed by atoms with van der Waals surface area (Å²) in [5.41, 5.74) is 0. The van der Waals surface area contributed by atoms with Gasteiger partial charge in [-0.2, -0.15) is 0 Å². The van der Waals surface area contributed by atoms with Gasteiger partial charge in [0.1, 0.15) is 0 Å². The van der Waals surface area contributed by atoms with Crippen molar-refractivity contribution in [3.63, 3.8) is 0 Å². The van der Waals surface area contributed by atoms with Crippen molar-refractivity contribution in [3.8, 4) is 0 Å². The maximum atomic E-state index is 10.2. The fraction of sp³-hybridized carbons (Fsp3) is 0.250. The molecule has 0 aromatic carbocycles. The zero-order valence-electron chi connectivity index (χ0n) is 4.73. The molecule has 0 spiro atoms. The van der Waals surface area contributed by atoms with Gasteiger partial charge < -0.3 is 5.11 Å². The van der Waals surface area contributed by atoms with Crippen molar-refractivity contribution in [2.45, 2.75) is 0 Å². The summed E-state index contributed by atoms with van der Waals surface area (Å²) in [6, 6.07) is 0. The van der Waals surface area contributed by atoms with Crippen LogP contribution in [0.5, 0.6) is 0 Å². The van der Waals surface area contributed by atoms with Crippen molar-refractivity contribution >= 4 is 15.8 Å². The third-order valence-corrected chi connectivity index (χ3v) is 1.09. The summed E-state index contributed by atoms with van der Waals surface area (Å²) in [7, 11) is -3.28. The molecular weight excluding hydrogens is 144 g/mol. The molecule has 9 heavy (non-hydrogen) atoms. The molecule has 0 aromatic heterocycles. The van der Waals surface area contributed by atoms with E-state index in [0.717, 1.165) is 6.26 Å². The largest absolute Gasteiger partial charge is 0.478 e. The molecule has 1 N–H and O–H groups in total. The van der Waals surface area contributed by atoms with E-state index in [1.807, 2.05) is 0 Å². The summed E-state index contributed by atoms with van der Waals surface area (Å²) < 4.78 is 20.4. The lowest BCUT2D eigenvalue weighted by Crippen LogP contribution is -1.92. The summed E-state index contributed by atoms with van der Waals surface area (Å²) in [6.07, 6.45) is 1.50. The third kappa shape index (κ3) is 7.16. The van der Waals surface area contributed by atoms with Crippen LogP contribution >= 0.6 is 0 Å². The average Bonchev–Trinajstić information content (AvgIpc) is 1.59. The molecule has 0 saturated heterocycles. The molecule has 0 amide bonds. The van der Waals surface area contributed by atoms with Crippen LogP contribution in [0, 0.1) is 0 Å². The summed E-state index contributed by atoms with van der Waals surface area (Å²) in [5, 5.41) is 8.56. The Balaban J connectivity index is 4.21. The molecule has 0 fully saturated rings. The number of carboxylic acids is 1. The van der Waals surface area contributed by atoms with Crippen molar-refractivity contribution in [2.75, 3.05) is 6.26 Å². The fourth-order valence-electron chi connectivity index (χ4n) is 0.182. The molecule has 0 rings (SSSR count). The molecule has 5 heteroatoms. The van der Waals surface area contributed by atoms with Gasteiger partial charge >= 0.3 is 5.97 Å². The standard InChI is InChI=1S/C4H6O4S/c1-9(7,8)3-2-4(5)6/h2-3H,1H3,(H,5,6). The minimum absolute atomic E-state index is 0.579. The van der Waals surface area contributed by atoms with Crippen LogP contribution in [0.1, 0.15) is 0 Å². The lowest BCUT2D eigenvalue weighted by atomic mass is 10.7. The molecule has 0 saturated carbocycles. The van der Waals surface area contributed by atoms with E-state index >= 15 is 0 Å². The van der Waals surface area contributed by atoms with Crippen molar-refractivity contribution in [1.82, 2.24) is 0 Å². The van der Waals surface area contributed by atoms with Crippen LogP contribution < -0.4 is 0 Å². The van der Waals surface area contributed by atoms with Gasteiger partial charge in [-0.25, -0.2) is 13.2 Å². The normalized spacial score (nSPS) is 12.1. The first-order valence-corrected chi connectivity index (χ1v) is 3.98. The SMILES string of the molecule is CS(=O)(=O)C=CC(=O)O. The van der Waals surface area contributed by atoms with E-state index in [1.54, 1.807) is 0 Å². The van der Waals surface area contributed by atoms with Crippen LogP contribution in [-0.4, -0.2) is 25.7 Å². The van der Waals surface area contributed by atoms with Gasteiger partial charge in [-0.1, -0.05) is 0 Å². The predicted molar refractivity (Wildman–Crippen MR) is 31.6 cm³/mol. The van der Waals surface area contributed by atoms with Gasteiger partial charge in [0, 0.05) is 17.7 Å². The maximum Gasteiger partial charge on any atom is 0.329 e. The highest BCUT2D eigenvalue weighted by Gasteiger charge is 1.93. The first kappa shape index (κ1) is 8.16. The van der Waals surface area contributed by atoms with Crippen molar-refractivity contribution in [3.05, 3.63) is 11.5 Å². The topological polar surface area (TPSA) is 71.4 Å². The Morgan fingerprint density at radius 1 is 1.56 bits per heavy atom. The van der Waals surface area contributed by atoms with E-state index in [4.69, 9.17) is 5.11 Å². The van der Waals surface area contributed by atoms with Crippen LogP contribution in [0.25, 0.3) is 0 Å². The first-order chi connectivity index (χ1) is 3.92. The predicted octanol–water partition coefficient (Wildman–Crippen LogP) is -0.371. The number of rotatable bonds is 2. The third-order valence-electron chi connectivity index (χ3n) is 0.458. The highest BCUT2D eigenvalue weighted by molar-refractivity contribution is 7.93. The highest BCUT2D eigenvalue weighted by atomic mass is 32.2. The molecule has 0 heterocycles. The monoisotopic (exact) mass is 150 g/mol. The van der Waals surface area contributed by atoms with Gasteiger partial charge in [0.2, 0.25) is 0 Å². The molecule has 52 valence electrons. The van der Waals surface area contributed by atoms with Crippen LogP contribution in [0.15, 0.2) is 11.5 Å². The Kier molecular flexibility index (Phi) is 2.39. The Bertz CT molecular complexity index is 223. The van der Waals surface area contributed by atoms with Gasteiger partial charge in [-0.05, 0) is 0 Å². The van der Waals surface area contributed by atoms with Crippen LogP contribution in [0.2, 0.25) is 0 Å². The smallest absolute Gasteiger partial charge is 0.329 e. The molecule has 0 atom stereocenters. The molecule has 0 aliphatic carbocycles. The van der Waals surface area contributed by atoms with E-state index in [-0.39, 0.29) is 0 Å². The van der Waals surface area contributed by atoms with Gasteiger partial charge in [-0.3, -0.25) is 0 Å². The van der Waals surface area contributed by atoms with E-state index in [2.05, 4.69) is 0 Å². The van der Waals surface area contributed by atoms with Gasteiger partial charge in [0.25, 0.3) is 0 Å². The summed E-state index contributed by atoms with van der Waals surface area (Å²) in [6.45, 7) is 0. The molecule has 0 bridgehead atoms. The molecule has 0 aromatic rings. The fourth-order valence-corrected chi connectivity index (χ4v) is 0.545. The highest BCUT2D eigenvalue weighted by Crippen LogP contribution is 1.83. The Labute approximate surface area is 52.7 Å². The average molecular weight is 150 g/mol. The Hall–Kier alpha value is -0.840. The second-order valence-electron chi connectivity index (χ2n) is 1.47. The summed E-state index contributed by atoms with van der Waals surface area (Å²) >= 11 is 0. The Morgan fingerprint density at radius 2 is 2.00 bits per heavy atom. The second-order valence-corrected chi connectivity index (χ2v) is 3.40. The van der Waals surface area contributed by atoms with Gasteiger partial charge in [-0.15, -0.1) is 0 Å². The summed E-state index contributed by atoms with van der Waals surface area (Å²) in [4.78, 5) is 9.69. The number of carbonyl (C=O) groups is 1. The number of hydrogen-bond donors (Lipinski definition) is 1. The van der Waals surface area contributed by atoms with Crippen molar-refractivity contribution < 1.29 is 18.3 Å². The lowest BCUT2D eigenvalue weighted by molar-refractivity contribution is -0.131. The molecule has 0 aliphatic heterocycles. The number of aliphatic carboxylic acids is 1.